The van der Waals surface area contributed by atoms with Gasteiger partial charge < -0.3 is 15.2 Å². The Balaban J connectivity index is 3.22. The summed E-state index contributed by atoms with van der Waals surface area (Å²) in [5.41, 5.74) is 0. The third kappa shape index (κ3) is 7.29. The molecule has 0 bridgehead atoms. The third-order valence-corrected chi connectivity index (χ3v) is 1.36. The molecule has 0 heterocycles. The highest BCUT2D eigenvalue weighted by Gasteiger charge is 2.02. The molecule has 0 aliphatic heterocycles. The highest BCUT2D eigenvalue weighted by Crippen LogP contribution is 1.89. The lowest BCUT2D eigenvalue weighted by Gasteiger charge is -2.10. The predicted molar refractivity (Wildman–Crippen MR) is 41.6 cm³/mol. The first kappa shape index (κ1) is 10.4. The summed E-state index contributed by atoms with van der Waals surface area (Å²) in [7, 11) is 1.63. The van der Waals surface area contributed by atoms with Gasteiger partial charge >= 0.3 is 5.97 Å². The van der Waals surface area contributed by atoms with E-state index in [1.165, 1.54) is 0 Å². The number of aliphatic carboxylic acids is 1. The van der Waals surface area contributed by atoms with Crippen LogP contribution in [-0.4, -0.2) is 37.4 Å². The van der Waals surface area contributed by atoms with E-state index in [9.17, 15) is 4.79 Å². The van der Waals surface area contributed by atoms with Crippen molar-refractivity contribution in [2.45, 2.75) is 19.4 Å². The Kier molecular flexibility index (Phi) is 5.78. The Morgan fingerprint density at radius 2 is 2.36 bits per heavy atom. The molecule has 0 aromatic carbocycles. The fourth-order valence-corrected chi connectivity index (χ4v) is 0.658. The summed E-state index contributed by atoms with van der Waals surface area (Å²) in [6, 6.07) is 0.200. The molecular formula is C7H15NO3. The van der Waals surface area contributed by atoms with Crippen LogP contribution in [0.4, 0.5) is 0 Å². The van der Waals surface area contributed by atoms with Crippen molar-refractivity contribution in [3.05, 3.63) is 0 Å². The Morgan fingerprint density at radius 1 is 1.73 bits per heavy atom. The zero-order valence-corrected chi connectivity index (χ0v) is 6.96. The van der Waals surface area contributed by atoms with Crippen molar-refractivity contribution in [1.29, 1.82) is 0 Å². The van der Waals surface area contributed by atoms with E-state index in [0.717, 1.165) is 6.42 Å². The molecule has 0 rings (SSSR count). The predicted octanol–water partition coefficient (Wildman–Crippen LogP) is 0.0856. The van der Waals surface area contributed by atoms with E-state index in [2.05, 4.69) is 5.32 Å². The molecule has 0 aromatic rings. The lowest BCUT2D eigenvalue weighted by molar-refractivity contribution is -0.136. The molecule has 1 atom stereocenters. The molecule has 11 heavy (non-hydrogen) atoms. The number of carbonyl (C=O) groups is 1. The van der Waals surface area contributed by atoms with Gasteiger partial charge in [-0.1, -0.05) is 0 Å². The number of nitrogens with one attached hydrogen (secondary N) is 1. The van der Waals surface area contributed by atoms with Gasteiger partial charge in [0.2, 0.25) is 0 Å². The summed E-state index contributed by atoms with van der Waals surface area (Å²) in [5.74, 6) is -0.825. The van der Waals surface area contributed by atoms with Crippen LogP contribution in [0, 0.1) is 0 Å². The molecule has 4 heteroatoms. The SMILES string of the molecule is COCCC(C)NCC(=O)O. The molecular weight excluding hydrogens is 146 g/mol. The Hall–Kier alpha value is -0.610. The van der Waals surface area contributed by atoms with Crippen molar-refractivity contribution in [3.8, 4) is 0 Å². The van der Waals surface area contributed by atoms with E-state index in [-0.39, 0.29) is 12.6 Å². The highest BCUT2D eigenvalue weighted by molar-refractivity contribution is 5.69. The summed E-state index contributed by atoms with van der Waals surface area (Å²) in [5, 5.41) is 11.1. The van der Waals surface area contributed by atoms with Crippen LogP contribution < -0.4 is 5.32 Å². The number of rotatable bonds is 6. The second-order valence-corrected chi connectivity index (χ2v) is 2.46. The van der Waals surface area contributed by atoms with E-state index >= 15 is 0 Å². The standard InChI is InChI=1S/C7H15NO3/c1-6(3-4-11-2)8-5-7(9)10/h6,8H,3-5H2,1-2H3,(H,9,10). The fourth-order valence-electron chi connectivity index (χ4n) is 0.658. The largest absolute Gasteiger partial charge is 0.480 e. The van der Waals surface area contributed by atoms with Crippen LogP contribution >= 0.6 is 0 Å². The van der Waals surface area contributed by atoms with Crippen LogP contribution in [0.5, 0.6) is 0 Å². The topological polar surface area (TPSA) is 58.6 Å². The molecule has 0 aliphatic carbocycles. The first-order valence-corrected chi connectivity index (χ1v) is 3.61. The van der Waals surface area contributed by atoms with Crippen molar-refractivity contribution in [2.75, 3.05) is 20.3 Å². The fraction of sp³-hybridized carbons (Fsp3) is 0.857. The van der Waals surface area contributed by atoms with Crippen molar-refractivity contribution in [3.63, 3.8) is 0 Å². The van der Waals surface area contributed by atoms with Gasteiger partial charge in [0.25, 0.3) is 0 Å². The molecule has 4 nitrogen and oxygen atoms in total. The zero-order chi connectivity index (χ0) is 8.69. The van der Waals surface area contributed by atoms with Gasteiger partial charge in [0.05, 0.1) is 6.54 Å². The van der Waals surface area contributed by atoms with Gasteiger partial charge in [-0.05, 0) is 13.3 Å². The first-order valence-electron chi connectivity index (χ1n) is 3.61. The third-order valence-electron chi connectivity index (χ3n) is 1.36. The lowest BCUT2D eigenvalue weighted by Crippen LogP contribution is -2.32. The lowest BCUT2D eigenvalue weighted by atomic mass is 10.2. The van der Waals surface area contributed by atoms with Crippen molar-refractivity contribution >= 4 is 5.97 Å². The van der Waals surface area contributed by atoms with Gasteiger partial charge in [-0.2, -0.15) is 0 Å². The minimum atomic E-state index is -0.825. The van der Waals surface area contributed by atoms with Crippen LogP contribution in [-0.2, 0) is 9.53 Å². The number of methoxy groups -OCH3 is 1. The summed E-state index contributed by atoms with van der Waals surface area (Å²) in [4.78, 5) is 10.1. The first-order chi connectivity index (χ1) is 5.16. The van der Waals surface area contributed by atoms with E-state index in [1.807, 2.05) is 6.92 Å². The number of hydrogen-bond acceptors (Lipinski definition) is 3. The molecule has 0 aromatic heterocycles. The summed E-state index contributed by atoms with van der Waals surface area (Å²) in [6.45, 7) is 2.61. The number of carboxylic acids is 1. The summed E-state index contributed by atoms with van der Waals surface area (Å²) >= 11 is 0. The minimum Gasteiger partial charge on any atom is -0.480 e. The van der Waals surface area contributed by atoms with Gasteiger partial charge in [-0.25, -0.2) is 0 Å². The van der Waals surface area contributed by atoms with Crippen LogP contribution in [0.25, 0.3) is 0 Å². The summed E-state index contributed by atoms with van der Waals surface area (Å²) in [6.07, 6.45) is 0.837. The molecule has 0 fully saturated rings. The Labute approximate surface area is 66.5 Å². The van der Waals surface area contributed by atoms with Crippen molar-refractivity contribution in [1.82, 2.24) is 5.32 Å². The molecule has 0 saturated carbocycles. The van der Waals surface area contributed by atoms with E-state index in [0.29, 0.717) is 6.61 Å². The van der Waals surface area contributed by atoms with E-state index in [4.69, 9.17) is 9.84 Å². The Bertz CT molecular complexity index is 116. The normalized spacial score (nSPS) is 12.9. The molecule has 0 aliphatic rings. The van der Waals surface area contributed by atoms with E-state index < -0.39 is 5.97 Å². The van der Waals surface area contributed by atoms with Crippen LogP contribution in [0.2, 0.25) is 0 Å². The van der Waals surface area contributed by atoms with Gasteiger partial charge in [-0.15, -0.1) is 0 Å². The van der Waals surface area contributed by atoms with Gasteiger partial charge in [0.1, 0.15) is 0 Å². The quantitative estimate of drug-likeness (QED) is 0.579. The minimum absolute atomic E-state index is 0.0187. The number of carboxylic acid groups (broad SMARTS) is 1. The monoisotopic (exact) mass is 161 g/mol. The summed E-state index contributed by atoms with van der Waals surface area (Å²) < 4.78 is 4.83. The van der Waals surface area contributed by atoms with Crippen LogP contribution in [0.15, 0.2) is 0 Å². The van der Waals surface area contributed by atoms with Gasteiger partial charge in [0.15, 0.2) is 0 Å². The van der Waals surface area contributed by atoms with Crippen molar-refractivity contribution < 1.29 is 14.6 Å². The average Bonchev–Trinajstić information content (AvgIpc) is 1.97. The highest BCUT2D eigenvalue weighted by atomic mass is 16.5. The van der Waals surface area contributed by atoms with Crippen LogP contribution in [0.1, 0.15) is 13.3 Å². The zero-order valence-electron chi connectivity index (χ0n) is 6.96. The van der Waals surface area contributed by atoms with E-state index in [1.54, 1.807) is 7.11 Å². The molecule has 1 unspecified atom stereocenters. The van der Waals surface area contributed by atoms with Crippen molar-refractivity contribution in [2.24, 2.45) is 0 Å². The van der Waals surface area contributed by atoms with Crippen LogP contribution in [0.3, 0.4) is 0 Å². The van der Waals surface area contributed by atoms with Gasteiger partial charge in [-0.3, -0.25) is 4.79 Å². The molecule has 2 N–H and O–H groups in total. The number of ether oxygens (including phenoxy) is 1. The molecule has 0 radical (unpaired) electrons. The molecule has 66 valence electrons. The average molecular weight is 161 g/mol. The molecule has 0 saturated heterocycles. The molecule has 0 spiro atoms. The second-order valence-electron chi connectivity index (χ2n) is 2.46. The second kappa shape index (κ2) is 6.12. The maximum atomic E-state index is 10.1. The maximum absolute atomic E-state index is 10.1. The smallest absolute Gasteiger partial charge is 0.317 e. The van der Waals surface area contributed by atoms with Gasteiger partial charge in [0, 0.05) is 19.8 Å². The molecule has 0 amide bonds. The number of hydrogen-bond donors (Lipinski definition) is 2. The Morgan fingerprint density at radius 3 is 2.82 bits per heavy atom. The maximum Gasteiger partial charge on any atom is 0.317 e.